The number of para-hydroxylation sites is 1. The van der Waals surface area contributed by atoms with Gasteiger partial charge in [0.05, 0.1) is 13.2 Å². The molecule has 0 aliphatic carbocycles. The summed E-state index contributed by atoms with van der Waals surface area (Å²) >= 11 is 0. The van der Waals surface area contributed by atoms with Gasteiger partial charge in [0.1, 0.15) is 5.75 Å². The maximum atomic E-state index is 5.39. The molecule has 3 aromatic carbocycles. The second kappa shape index (κ2) is 7.41. The van der Waals surface area contributed by atoms with Crippen LogP contribution >= 0.6 is 0 Å². The number of hydrogen-bond acceptors (Lipinski definition) is 2. The zero-order valence-electron chi connectivity index (χ0n) is 17.0. The van der Waals surface area contributed by atoms with Gasteiger partial charge in [0.15, 0.2) is 0 Å². The molecule has 1 atom stereocenters. The predicted molar refractivity (Wildman–Crippen MR) is 118 cm³/mol. The van der Waals surface area contributed by atoms with Crippen LogP contribution in [0.15, 0.2) is 72.8 Å². The quantitative estimate of drug-likeness (QED) is 0.495. The van der Waals surface area contributed by atoms with E-state index in [1.54, 1.807) is 7.11 Å². The Balaban J connectivity index is 1.59. The highest BCUT2D eigenvalue weighted by molar-refractivity contribution is 5.85. The molecule has 1 aromatic heterocycles. The highest BCUT2D eigenvalue weighted by Gasteiger charge is 2.31. The standard InChI is InChI=1S/C26H26N2O/c1-18-7-9-19(10-8-18)17-28-16-15-23-22-5-3-4-6-24(22)27-25(23)26(28)20-11-13-21(29-2)14-12-20/h3-14,26-27H,15-17H2,1-2H3. The molecule has 146 valence electrons. The monoisotopic (exact) mass is 382 g/mol. The van der Waals surface area contributed by atoms with Crippen LogP contribution in [-0.2, 0) is 13.0 Å². The van der Waals surface area contributed by atoms with E-state index in [1.165, 1.54) is 38.9 Å². The van der Waals surface area contributed by atoms with Crippen molar-refractivity contribution in [2.75, 3.05) is 13.7 Å². The molecule has 0 bridgehead atoms. The van der Waals surface area contributed by atoms with Gasteiger partial charge in [-0.1, -0.05) is 60.2 Å². The van der Waals surface area contributed by atoms with Gasteiger partial charge >= 0.3 is 0 Å². The Hall–Kier alpha value is -3.04. The van der Waals surface area contributed by atoms with E-state index in [1.807, 2.05) is 0 Å². The fourth-order valence-corrected chi connectivity index (χ4v) is 4.55. The van der Waals surface area contributed by atoms with Crippen LogP contribution in [0.1, 0.15) is 34.0 Å². The molecule has 1 aliphatic rings. The van der Waals surface area contributed by atoms with Crippen LogP contribution in [0.2, 0.25) is 0 Å². The number of nitrogens with one attached hydrogen (secondary N) is 1. The summed E-state index contributed by atoms with van der Waals surface area (Å²) in [6.45, 7) is 4.12. The molecule has 5 rings (SSSR count). The van der Waals surface area contributed by atoms with Crippen molar-refractivity contribution in [1.82, 2.24) is 9.88 Å². The molecule has 0 spiro atoms. The summed E-state index contributed by atoms with van der Waals surface area (Å²) in [5.41, 5.74) is 7.97. The lowest BCUT2D eigenvalue weighted by Gasteiger charge is -2.36. The number of aromatic nitrogens is 1. The minimum atomic E-state index is 0.207. The van der Waals surface area contributed by atoms with Crippen molar-refractivity contribution in [2.45, 2.75) is 25.9 Å². The highest BCUT2D eigenvalue weighted by Crippen LogP contribution is 2.39. The molecule has 0 saturated heterocycles. The van der Waals surface area contributed by atoms with E-state index in [-0.39, 0.29) is 6.04 Å². The van der Waals surface area contributed by atoms with Gasteiger partial charge in [-0.05, 0) is 48.2 Å². The number of nitrogens with zero attached hydrogens (tertiary/aromatic N) is 1. The van der Waals surface area contributed by atoms with Crippen molar-refractivity contribution in [1.29, 1.82) is 0 Å². The van der Waals surface area contributed by atoms with Crippen LogP contribution in [0.5, 0.6) is 5.75 Å². The van der Waals surface area contributed by atoms with Gasteiger partial charge < -0.3 is 9.72 Å². The molecule has 4 aromatic rings. The van der Waals surface area contributed by atoms with Crippen LogP contribution in [0, 0.1) is 6.92 Å². The molecule has 1 unspecified atom stereocenters. The summed E-state index contributed by atoms with van der Waals surface area (Å²) < 4.78 is 5.39. The molecule has 3 heteroatoms. The molecule has 0 fully saturated rings. The number of fused-ring (bicyclic) bond motifs is 3. The van der Waals surface area contributed by atoms with Crippen molar-refractivity contribution in [3.05, 3.63) is 101 Å². The lowest BCUT2D eigenvalue weighted by Crippen LogP contribution is -2.35. The fourth-order valence-electron chi connectivity index (χ4n) is 4.55. The summed E-state index contributed by atoms with van der Waals surface area (Å²) in [6, 6.07) is 26.3. The lowest BCUT2D eigenvalue weighted by molar-refractivity contribution is 0.202. The SMILES string of the molecule is COc1ccc(C2c3[nH]c4ccccc4c3CCN2Cc2ccc(C)cc2)cc1. The summed E-state index contributed by atoms with van der Waals surface area (Å²) in [7, 11) is 1.72. The van der Waals surface area contributed by atoms with Crippen molar-refractivity contribution in [3.8, 4) is 5.75 Å². The Labute approximate surface area is 171 Å². The zero-order valence-corrected chi connectivity index (χ0v) is 17.0. The third kappa shape index (κ3) is 3.32. The van der Waals surface area contributed by atoms with Gasteiger partial charge in [0.25, 0.3) is 0 Å². The first-order valence-corrected chi connectivity index (χ1v) is 10.3. The zero-order chi connectivity index (χ0) is 19.8. The minimum Gasteiger partial charge on any atom is -0.497 e. The first kappa shape index (κ1) is 18.0. The second-order valence-corrected chi connectivity index (χ2v) is 7.94. The lowest BCUT2D eigenvalue weighted by atomic mass is 9.92. The Bertz CT molecular complexity index is 1130. The Morgan fingerprint density at radius 1 is 0.966 bits per heavy atom. The summed E-state index contributed by atoms with van der Waals surface area (Å²) in [4.78, 5) is 6.33. The molecule has 2 heterocycles. The van der Waals surface area contributed by atoms with Crippen LogP contribution in [-0.4, -0.2) is 23.5 Å². The van der Waals surface area contributed by atoms with Crippen LogP contribution in [0.3, 0.4) is 0 Å². The van der Waals surface area contributed by atoms with Gasteiger partial charge in [-0.2, -0.15) is 0 Å². The molecular formula is C26H26N2O. The third-order valence-electron chi connectivity index (χ3n) is 6.07. The van der Waals surface area contributed by atoms with Gasteiger partial charge in [0.2, 0.25) is 0 Å². The number of aromatic amines is 1. The average Bonchev–Trinajstić information content (AvgIpc) is 3.14. The molecule has 1 aliphatic heterocycles. The summed E-state index contributed by atoms with van der Waals surface area (Å²) in [5.74, 6) is 0.895. The summed E-state index contributed by atoms with van der Waals surface area (Å²) in [5, 5.41) is 1.36. The number of ether oxygens (including phenoxy) is 1. The normalized spacial score (nSPS) is 16.7. The van der Waals surface area contributed by atoms with Crippen LogP contribution in [0.25, 0.3) is 10.9 Å². The second-order valence-electron chi connectivity index (χ2n) is 7.94. The number of methoxy groups -OCH3 is 1. The van der Waals surface area contributed by atoms with E-state index in [2.05, 4.69) is 89.6 Å². The van der Waals surface area contributed by atoms with Gasteiger partial charge in [-0.15, -0.1) is 0 Å². The average molecular weight is 383 g/mol. The van der Waals surface area contributed by atoms with Crippen molar-refractivity contribution in [2.24, 2.45) is 0 Å². The Morgan fingerprint density at radius 3 is 2.48 bits per heavy atom. The third-order valence-corrected chi connectivity index (χ3v) is 6.07. The smallest absolute Gasteiger partial charge is 0.118 e. The number of hydrogen-bond donors (Lipinski definition) is 1. The number of aryl methyl sites for hydroxylation is 1. The first-order valence-electron chi connectivity index (χ1n) is 10.3. The fraction of sp³-hybridized carbons (Fsp3) is 0.231. The van der Waals surface area contributed by atoms with E-state index in [0.717, 1.165) is 25.3 Å². The first-order chi connectivity index (χ1) is 14.2. The number of rotatable bonds is 4. The molecule has 3 nitrogen and oxygen atoms in total. The maximum Gasteiger partial charge on any atom is 0.118 e. The van der Waals surface area contributed by atoms with Gasteiger partial charge in [0, 0.05) is 29.7 Å². The summed E-state index contributed by atoms with van der Waals surface area (Å²) in [6.07, 6.45) is 1.07. The van der Waals surface area contributed by atoms with Crippen LogP contribution in [0.4, 0.5) is 0 Å². The molecule has 0 amide bonds. The number of benzene rings is 3. The highest BCUT2D eigenvalue weighted by atomic mass is 16.5. The molecule has 0 saturated carbocycles. The van der Waals surface area contributed by atoms with E-state index in [4.69, 9.17) is 4.74 Å². The Kier molecular flexibility index (Phi) is 4.61. The van der Waals surface area contributed by atoms with E-state index in [0.29, 0.717) is 0 Å². The van der Waals surface area contributed by atoms with Crippen molar-refractivity contribution >= 4 is 10.9 Å². The Morgan fingerprint density at radius 2 is 1.72 bits per heavy atom. The van der Waals surface area contributed by atoms with Crippen molar-refractivity contribution < 1.29 is 4.74 Å². The largest absolute Gasteiger partial charge is 0.497 e. The van der Waals surface area contributed by atoms with Crippen molar-refractivity contribution in [3.63, 3.8) is 0 Å². The van der Waals surface area contributed by atoms with E-state index in [9.17, 15) is 0 Å². The predicted octanol–water partition coefficient (Wildman–Crippen LogP) is 5.63. The maximum absolute atomic E-state index is 5.39. The molecular weight excluding hydrogens is 356 g/mol. The van der Waals surface area contributed by atoms with Crippen LogP contribution < -0.4 is 4.74 Å². The van der Waals surface area contributed by atoms with E-state index < -0.39 is 0 Å². The van der Waals surface area contributed by atoms with E-state index >= 15 is 0 Å². The molecule has 29 heavy (non-hydrogen) atoms. The molecule has 0 radical (unpaired) electrons. The van der Waals surface area contributed by atoms with Gasteiger partial charge in [-0.3, -0.25) is 4.90 Å². The number of H-pyrrole nitrogens is 1. The topological polar surface area (TPSA) is 28.3 Å². The molecule has 1 N–H and O–H groups in total. The van der Waals surface area contributed by atoms with Gasteiger partial charge in [-0.25, -0.2) is 0 Å². The minimum absolute atomic E-state index is 0.207.